The number of ether oxygens (including phenoxy) is 1. The summed E-state index contributed by atoms with van der Waals surface area (Å²) in [4.78, 5) is 27.1. The summed E-state index contributed by atoms with van der Waals surface area (Å²) in [6, 6.07) is 7.64. The first-order chi connectivity index (χ1) is 11.7. The fraction of sp³-hybridized carbons (Fsp3) is 0.600. The van der Waals surface area contributed by atoms with E-state index in [-0.39, 0.29) is 11.8 Å². The third-order valence-corrected chi connectivity index (χ3v) is 4.59. The van der Waals surface area contributed by atoms with Gasteiger partial charge in [-0.1, -0.05) is 44.5 Å². The Morgan fingerprint density at radius 2 is 1.88 bits per heavy atom. The van der Waals surface area contributed by atoms with E-state index >= 15 is 0 Å². The predicted octanol–water partition coefficient (Wildman–Crippen LogP) is 3.51. The van der Waals surface area contributed by atoms with Gasteiger partial charge in [0.2, 0.25) is 5.91 Å². The van der Waals surface area contributed by atoms with Crippen LogP contribution in [0.4, 0.5) is 4.79 Å². The maximum absolute atomic E-state index is 13.1. The number of nitrogens with zero attached hydrogens (tertiary/aromatic N) is 1. The van der Waals surface area contributed by atoms with Gasteiger partial charge in [0.1, 0.15) is 11.6 Å². The van der Waals surface area contributed by atoms with Crippen molar-refractivity contribution in [1.82, 2.24) is 10.2 Å². The number of rotatable bonds is 4. The quantitative estimate of drug-likeness (QED) is 0.907. The lowest BCUT2D eigenvalue weighted by molar-refractivity contribution is -0.135. The van der Waals surface area contributed by atoms with Gasteiger partial charge in [0, 0.05) is 13.1 Å². The average molecular weight is 346 g/mol. The standard InChI is InChI=1S/C20H30N2O3/c1-6-14(2)17(21-19(24)25-20(3,4)5)18(23)22-12-11-15-9-7-8-10-16(15)13-22/h7-10,14,17H,6,11-13H2,1-5H3,(H,21,24)/t14-,17-/m0/s1. The van der Waals surface area contributed by atoms with Crippen molar-refractivity contribution in [1.29, 1.82) is 0 Å². The van der Waals surface area contributed by atoms with E-state index in [0.29, 0.717) is 13.1 Å². The highest BCUT2D eigenvalue weighted by Crippen LogP contribution is 2.21. The van der Waals surface area contributed by atoms with Crippen LogP contribution in [-0.4, -0.2) is 35.1 Å². The van der Waals surface area contributed by atoms with Crippen LogP contribution in [0.1, 0.15) is 52.2 Å². The number of benzene rings is 1. The Morgan fingerprint density at radius 1 is 1.24 bits per heavy atom. The normalized spacial score (nSPS) is 16.6. The van der Waals surface area contributed by atoms with Crippen LogP contribution < -0.4 is 5.32 Å². The van der Waals surface area contributed by atoms with Gasteiger partial charge in [-0.25, -0.2) is 4.79 Å². The summed E-state index contributed by atoms with van der Waals surface area (Å²) in [6.45, 7) is 10.7. The molecular formula is C20H30N2O3. The highest BCUT2D eigenvalue weighted by molar-refractivity contribution is 5.86. The molecule has 1 N–H and O–H groups in total. The minimum atomic E-state index is -0.586. The fourth-order valence-corrected chi connectivity index (χ4v) is 3.00. The van der Waals surface area contributed by atoms with Gasteiger partial charge in [-0.15, -0.1) is 0 Å². The first-order valence-electron chi connectivity index (χ1n) is 9.06. The van der Waals surface area contributed by atoms with E-state index in [0.717, 1.165) is 12.8 Å². The molecule has 0 bridgehead atoms. The molecule has 5 nitrogen and oxygen atoms in total. The second kappa shape index (κ2) is 7.89. The molecule has 1 aromatic rings. The maximum atomic E-state index is 13.1. The molecule has 2 rings (SSSR count). The summed E-state index contributed by atoms with van der Waals surface area (Å²) >= 11 is 0. The molecule has 0 fully saturated rings. The molecule has 0 saturated heterocycles. The van der Waals surface area contributed by atoms with E-state index in [4.69, 9.17) is 4.74 Å². The maximum Gasteiger partial charge on any atom is 0.408 e. The molecule has 5 heteroatoms. The molecule has 138 valence electrons. The van der Waals surface area contributed by atoms with Crippen molar-refractivity contribution in [3.8, 4) is 0 Å². The minimum Gasteiger partial charge on any atom is -0.444 e. The van der Waals surface area contributed by atoms with Crippen molar-refractivity contribution < 1.29 is 14.3 Å². The average Bonchev–Trinajstić information content (AvgIpc) is 2.56. The molecule has 1 aliphatic rings. The van der Waals surface area contributed by atoms with Gasteiger partial charge in [0.15, 0.2) is 0 Å². The molecule has 1 heterocycles. The van der Waals surface area contributed by atoms with Crippen molar-refractivity contribution in [2.75, 3.05) is 6.54 Å². The highest BCUT2D eigenvalue weighted by atomic mass is 16.6. The number of nitrogens with one attached hydrogen (secondary N) is 1. The number of amides is 2. The van der Waals surface area contributed by atoms with Crippen LogP contribution in [0, 0.1) is 5.92 Å². The van der Waals surface area contributed by atoms with Crippen molar-refractivity contribution in [2.45, 2.75) is 65.6 Å². The Labute approximate surface area is 150 Å². The SMILES string of the molecule is CC[C@H](C)[C@H](NC(=O)OC(C)(C)C)C(=O)N1CCc2ccccc2C1. The van der Waals surface area contributed by atoms with Gasteiger partial charge in [-0.05, 0) is 44.2 Å². The Morgan fingerprint density at radius 3 is 2.48 bits per heavy atom. The van der Waals surface area contributed by atoms with E-state index in [9.17, 15) is 9.59 Å². The third kappa shape index (κ3) is 5.21. The Balaban J connectivity index is 2.10. The number of alkyl carbamates (subject to hydrolysis) is 1. The highest BCUT2D eigenvalue weighted by Gasteiger charge is 2.32. The number of carbonyl (C=O) groups excluding carboxylic acids is 2. The van der Waals surface area contributed by atoms with Gasteiger partial charge >= 0.3 is 6.09 Å². The van der Waals surface area contributed by atoms with Gasteiger partial charge in [-0.3, -0.25) is 4.79 Å². The molecule has 0 aromatic heterocycles. The van der Waals surface area contributed by atoms with Crippen molar-refractivity contribution in [3.05, 3.63) is 35.4 Å². The van der Waals surface area contributed by atoms with Crippen LogP contribution in [0.5, 0.6) is 0 Å². The molecule has 0 saturated carbocycles. The van der Waals surface area contributed by atoms with Crippen LogP contribution in [0.15, 0.2) is 24.3 Å². The molecule has 1 aromatic carbocycles. The topological polar surface area (TPSA) is 58.6 Å². The molecular weight excluding hydrogens is 316 g/mol. The predicted molar refractivity (Wildman–Crippen MR) is 98.2 cm³/mol. The molecule has 0 radical (unpaired) electrons. The second-order valence-corrected chi connectivity index (χ2v) is 7.79. The molecule has 0 aliphatic carbocycles. The van der Waals surface area contributed by atoms with E-state index in [1.165, 1.54) is 11.1 Å². The smallest absolute Gasteiger partial charge is 0.408 e. The molecule has 1 aliphatic heterocycles. The second-order valence-electron chi connectivity index (χ2n) is 7.79. The largest absolute Gasteiger partial charge is 0.444 e. The Bertz CT molecular complexity index is 622. The van der Waals surface area contributed by atoms with Gasteiger partial charge < -0.3 is 15.0 Å². The van der Waals surface area contributed by atoms with Crippen LogP contribution in [-0.2, 0) is 22.5 Å². The molecule has 0 unspecified atom stereocenters. The van der Waals surface area contributed by atoms with Crippen molar-refractivity contribution in [2.24, 2.45) is 5.92 Å². The van der Waals surface area contributed by atoms with Gasteiger partial charge in [0.05, 0.1) is 0 Å². The zero-order valence-corrected chi connectivity index (χ0v) is 16.0. The van der Waals surface area contributed by atoms with E-state index in [2.05, 4.69) is 17.4 Å². The molecule has 25 heavy (non-hydrogen) atoms. The fourth-order valence-electron chi connectivity index (χ4n) is 3.00. The zero-order chi connectivity index (χ0) is 18.6. The van der Waals surface area contributed by atoms with Crippen molar-refractivity contribution >= 4 is 12.0 Å². The summed E-state index contributed by atoms with van der Waals surface area (Å²) < 4.78 is 5.34. The zero-order valence-electron chi connectivity index (χ0n) is 16.0. The first kappa shape index (κ1) is 19.3. The van der Waals surface area contributed by atoms with Crippen molar-refractivity contribution in [3.63, 3.8) is 0 Å². The first-order valence-corrected chi connectivity index (χ1v) is 9.06. The Kier molecular flexibility index (Phi) is 6.09. The summed E-state index contributed by atoms with van der Waals surface area (Å²) in [5, 5.41) is 2.79. The minimum absolute atomic E-state index is 0.0327. The summed E-state index contributed by atoms with van der Waals surface area (Å²) in [5.74, 6) is 0.00639. The summed E-state index contributed by atoms with van der Waals surface area (Å²) in [7, 11) is 0. The lowest BCUT2D eigenvalue weighted by Gasteiger charge is -2.34. The summed E-state index contributed by atoms with van der Waals surface area (Å²) in [6.07, 6.45) is 1.11. The lowest BCUT2D eigenvalue weighted by atomic mass is 9.95. The number of carbonyl (C=O) groups is 2. The van der Waals surface area contributed by atoms with Crippen LogP contribution >= 0.6 is 0 Å². The van der Waals surface area contributed by atoms with E-state index in [1.54, 1.807) is 0 Å². The monoisotopic (exact) mass is 346 g/mol. The number of hydrogen-bond acceptors (Lipinski definition) is 3. The molecule has 2 amide bonds. The molecule has 0 spiro atoms. The lowest BCUT2D eigenvalue weighted by Crippen LogP contribution is -2.53. The number of fused-ring (bicyclic) bond motifs is 1. The third-order valence-electron chi connectivity index (χ3n) is 4.59. The van der Waals surface area contributed by atoms with Gasteiger partial charge in [-0.2, -0.15) is 0 Å². The van der Waals surface area contributed by atoms with E-state index in [1.807, 2.05) is 51.7 Å². The Hall–Kier alpha value is -2.04. The van der Waals surface area contributed by atoms with Crippen LogP contribution in [0.2, 0.25) is 0 Å². The van der Waals surface area contributed by atoms with E-state index < -0.39 is 17.7 Å². The van der Waals surface area contributed by atoms with Gasteiger partial charge in [0.25, 0.3) is 0 Å². The molecule has 2 atom stereocenters. The van der Waals surface area contributed by atoms with Crippen LogP contribution in [0.25, 0.3) is 0 Å². The summed E-state index contributed by atoms with van der Waals surface area (Å²) in [5.41, 5.74) is 1.89. The number of hydrogen-bond donors (Lipinski definition) is 1. The van der Waals surface area contributed by atoms with Crippen LogP contribution in [0.3, 0.4) is 0 Å².